The number of para-hydroxylation sites is 1. The van der Waals surface area contributed by atoms with Gasteiger partial charge in [-0.25, -0.2) is 13.8 Å². The molecule has 0 aliphatic heterocycles. The van der Waals surface area contributed by atoms with Crippen LogP contribution in [0.3, 0.4) is 0 Å². The summed E-state index contributed by atoms with van der Waals surface area (Å²) in [5, 5.41) is 12.0. The topological polar surface area (TPSA) is 81.8 Å². The summed E-state index contributed by atoms with van der Waals surface area (Å²) in [6.07, 6.45) is 0.299. The van der Waals surface area contributed by atoms with Crippen molar-refractivity contribution < 1.29 is 9.18 Å². The first-order chi connectivity index (χ1) is 15.3. The number of fused-ring (bicyclic) bond motifs is 1. The summed E-state index contributed by atoms with van der Waals surface area (Å²) in [5.74, 6) is -1.09. The third-order valence-electron chi connectivity index (χ3n) is 5.31. The Morgan fingerprint density at radius 1 is 1.16 bits per heavy atom. The SMILES string of the molecule is CC[C@H](C(=O)Nc1ccc(Br)cc1F)n1nc(C)c2nn(-c3ccccc3)c(C)c2c1=O. The zero-order valence-electron chi connectivity index (χ0n) is 17.8. The molecule has 1 amide bonds. The second-order valence-corrected chi connectivity index (χ2v) is 8.34. The maximum atomic E-state index is 14.2. The van der Waals surface area contributed by atoms with Gasteiger partial charge in [-0.05, 0) is 50.6 Å². The molecule has 0 spiro atoms. The number of hydrogen-bond acceptors (Lipinski definition) is 4. The Bertz CT molecular complexity index is 1380. The number of amides is 1. The molecule has 0 aliphatic carbocycles. The van der Waals surface area contributed by atoms with Gasteiger partial charge in [-0.3, -0.25) is 9.59 Å². The first kappa shape index (κ1) is 21.9. The molecule has 4 rings (SSSR count). The normalized spacial score (nSPS) is 12.2. The minimum Gasteiger partial charge on any atom is -0.322 e. The van der Waals surface area contributed by atoms with Crippen LogP contribution in [-0.2, 0) is 4.79 Å². The van der Waals surface area contributed by atoms with Gasteiger partial charge in [0.2, 0.25) is 5.91 Å². The Morgan fingerprint density at radius 3 is 2.53 bits per heavy atom. The molecular formula is C23H21BrFN5O2. The zero-order chi connectivity index (χ0) is 23.0. The standard InChI is InChI=1S/C23H21BrFN5O2/c1-4-19(22(31)26-18-11-10-15(24)12-17(18)25)30-23(32)20-14(3)29(16-8-6-5-7-9-16)28-21(20)13(2)27-30/h5-12,19H,4H2,1-3H3,(H,26,31)/t19-/m1/s1. The lowest BCUT2D eigenvalue weighted by Crippen LogP contribution is -2.35. The van der Waals surface area contributed by atoms with Crippen LogP contribution in [0.2, 0.25) is 0 Å². The predicted molar refractivity (Wildman–Crippen MR) is 125 cm³/mol. The van der Waals surface area contributed by atoms with Crippen molar-refractivity contribution in [1.82, 2.24) is 19.6 Å². The van der Waals surface area contributed by atoms with Gasteiger partial charge in [0.05, 0.1) is 28.1 Å². The molecule has 4 aromatic rings. The van der Waals surface area contributed by atoms with E-state index in [1.54, 1.807) is 24.6 Å². The van der Waals surface area contributed by atoms with E-state index in [4.69, 9.17) is 0 Å². The Hall–Kier alpha value is -3.33. The molecule has 2 heterocycles. The minimum absolute atomic E-state index is 0.0376. The van der Waals surface area contributed by atoms with Gasteiger partial charge in [-0.1, -0.05) is 41.1 Å². The Morgan fingerprint density at radius 2 is 1.88 bits per heavy atom. The van der Waals surface area contributed by atoms with Gasteiger partial charge in [0.1, 0.15) is 17.4 Å². The molecule has 1 atom stereocenters. The van der Waals surface area contributed by atoms with Crippen LogP contribution < -0.4 is 10.9 Å². The van der Waals surface area contributed by atoms with Gasteiger partial charge < -0.3 is 5.32 Å². The lowest BCUT2D eigenvalue weighted by molar-refractivity contribution is -0.119. The summed E-state index contributed by atoms with van der Waals surface area (Å²) < 4.78 is 17.6. The molecule has 1 N–H and O–H groups in total. The number of hydrogen-bond donors (Lipinski definition) is 1. The molecule has 164 valence electrons. The van der Waals surface area contributed by atoms with Gasteiger partial charge in [-0.2, -0.15) is 10.2 Å². The molecule has 0 fully saturated rings. The van der Waals surface area contributed by atoms with E-state index in [2.05, 4.69) is 31.4 Å². The molecule has 0 bridgehead atoms. The van der Waals surface area contributed by atoms with E-state index in [0.29, 0.717) is 33.2 Å². The molecule has 7 nitrogen and oxygen atoms in total. The van der Waals surface area contributed by atoms with Gasteiger partial charge >= 0.3 is 0 Å². The third kappa shape index (κ3) is 3.84. The van der Waals surface area contributed by atoms with Crippen LogP contribution in [0.1, 0.15) is 30.8 Å². The largest absolute Gasteiger partial charge is 0.322 e. The van der Waals surface area contributed by atoms with E-state index < -0.39 is 23.3 Å². The van der Waals surface area contributed by atoms with Crippen molar-refractivity contribution in [3.8, 4) is 5.69 Å². The van der Waals surface area contributed by atoms with Crippen LogP contribution in [-0.4, -0.2) is 25.5 Å². The number of nitrogens with one attached hydrogen (secondary N) is 1. The second kappa shape index (κ2) is 8.66. The van der Waals surface area contributed by atoms with Crippen molar-refractivity contribution in [1.29, 1.82) is 0 Å². The molecule has 0 aliphatic rings. The van der Waals surface area contributed by atoms with E-state index in [0.717, 1.165) is 5.69 Å². The predicted octanol–water partition coefficient (Wildman–Crippen LogP) is 4.69. The van der Waals surface area contributed by atoms with Crippen molar-refractivity contribution in [2.45, 2.75) is 33.2 Å². The quantitative estimate of drug-likeness (QED) is 0.433. The summed E-state index contributed by atoms with van der Waals surface area (Å²) in [6.45, 7) is 5.33. The summed E-state index contributed by atoms with van der Waals surface area (Å²) in [7, 11) is 0. The monoisotopic (exact) mass is 497 g/mol. The fourth-order valence-corrected chi connectivity index (χ4v) is 4.02. The molecular weight excluding hydrogens is 477 g/mol. The fraction of sp³-hybridized carbons (Fsp3) is 0.217. The number of rotatable bonds is 5. The van der Waals surface area contributed by atoms with E-state index in [9.17, 15) is 14.0 Å². The third-order valence-corrected chi connectivity index (χ3v) is 5.81. The number of aromatic nitrogens is 4. The number of anilines is 1. The maximum absolute atomic E-state index is 14.2. The van der Waals surface area contributed by atoms with E-state index in [-0.39, 0.29) is 5.69 Å². The molecule has 0 unspecified atom stereocenters. The highest BCUT2D eigenvalue weighted by molar-refractivity contribution is 9.10. The van der Waals surface area contributed by atoms with Gasteiger partial charge in [0.15, 0.2) is 0 Å². The number of nitrogens with zero attached hydrogens (tertiary/aromatic N) is 4. The molecule has 2 aromatic carbocycles. The average Bonchev–Trinajstić information content (AvgIpc) is 3.13. The van der Waals surface area contributed by atoms with Crippen LogP contribution in [0.15, 0.2) is 57.8 Å². The Balaban J connectivity index is 1.79. The van der Waals surface area contributed by atoms with Gasteiger partial charge in [0.25, 0.3) is 5.56 Å². The maximum Gasteiger partial charge on any atom is 0.278 e. The van der Waals surface area contributed by atoms with Crippen molar-refractivity contribution in [2.24, 2.45) is 0 Å². The Kier molecular flexibility index (Phi) is 5.92. The van der Waals surface area contributed by atoms with Crippen molar-refractivity contribution in [2.75, 3.05) is 5.32 Å². The number of benzene rings is 2. The van der Waals surface area contributed by atoms with Crippen LogP contribution in [0, 0.1) is 19.7 Å². The number of aryl methyl sites for hydroxylation is 2. The van der Waals surface area contributed by atoms with Crippen molar-refractivity contribution >= 4 is 38.4 Å². The summed E-state index contributed by atoms with van der Waals surface area (Å²) in [6, 6.07) is 12.9. The van der Waals surface area contributed by atoms with Crippen LogP contribution in [0.25, 0.3) is 16.6 Å². The smallest absolute Gasteiger partial charge is 0.278 e. The highest BCUT2D eigenvalue weighted by Crippen LogP contribution is 2.23. The second-order valence-electron chi connectivity index (χ2n) is 7.43. The van der Waals surface area contributed by atoms with E-state index in [1.807, 2.05) is 37.3 Å². The average molecular weight is 498 g/mol. The first-order valence-corrected chi connectivity index (χ1v) is 10.9. The molecule has 0 radical (unpaired) electrons. The highest BCUT2D eigenvalue weighted by atomic mass is 79.9. The highest BCUT2D eigenvalue weighted by Gasteiger charge is 2.26. The molecule has 0 saturated heterocycles. The summed E-state index contributed by atoms with van der Waals surface area (Å²) in [5.41, 5.74) is 2.12. The summed E-state index contributed by atoms with van der Waals surface area (Å²) >= 11 is 3.19. The van der Waals surface area contributed by atoms with E-state index in [1.165, 1.54) is 16.8 Å². The van der Waals surface area contributed by atoms with Crippen LogP contribution in [0.4, 0.5) is 10.1 Å². The summed E-state index contributed by atoms with van der Waals surface area (Å²) in [4.78, 5) is 26.4. The van der Waals surface area contributed by atoms with Crippen molar-refractivity contribution in [3.05, 3.63) is 80.6 Å². The molecule has 32 heavy (non-hydrogen) atoms. The number of halogens is 2. The lowest BCUT2D eigenvalue weighted by Gasteiger charge is -2.17. The fourth-order valence-electron chi connectivity index (χ4n) is 3.69. The van der Waals surface area contributed by atoms with Gasteiger partial charge in [0, 0.05) is 4.47 Å². The molecule has 0 saturated carbocycles. The number of carbonyl (C=O) groups is 1. The first-order valence-electron chi connectivity index (χ1n) is 10.1. The van der Waals surface area contributed by atoms with Gasteiger partial charge in [-0.15, -0.1) is 0 Å². The lowest BCUT2D eigenvalue weighted by atomic mass is 10.1. The zero-order valence-corrected chi connectivity index (χ0v) is 19.4. The Labute approximate surface area is 192 Å². The number of carbonyl (C=O) groups excluding carboxylic acids is 1. The van der Waals surface area contributed by atoms with E-state index >= 15 is 0 Å². The van der Waals surface area contributed by atoms with Crippen molar-refractivity contribution in [3.63, 3.8) is 0 Å². The molecule has 2 aromatic heterocycles. The molecule has 9 heteroatoms. The van der Waals surface area contributed by atoms with Crippen LogP contribution in [0.5, 0.6) is 0 Å². The van der Waals surface area contributed by atoms with Crippen LogP contribution >= 0.6 is 15.9 Å². The minimum atomic E-state index is -0.909.